The summed E-state index contributed by atoms with van der Waals surface area (Å²) in [5, 5.41) is 12.5. The van der Waals surface area contributed by atoms with Crippen molar-refractivity contribution < 1.29 is 9.84 Å². The quantitative estimate of drug-likeness (QED) is 0.876. The highest BCUT2D eigenvalue weighted by Gasteiger charge is 2.08. The molecule has 0 radical (unpaired) electrons. The van der Waals surface area contributed by atoms with Gasteiger partial charge in [0.2, 0.25) is 0 Å². The van der Waals surface area contributed by atoms with E-state index in [0.717, 1.165) is 23.6 Å². The molecule has 0 aliphatic rings. The molecule has 0 aromatic heterocycles. The van der Waals surface area contributed by atoms with Crippen molar-refractivity contribution in [1.29, 1.82) is 0 Å². The van der Waals surface area contributed by atoms with Gasteiger partial charge in [-0.25, -0.2) is 0 Å². The van der Waals surface area contributed by atoms with Crippen molar-refractivity contribution in [2.24, 2.45) is 0 Å². The standard InChI is InChI=1S/C18H23NO2/c1-18(2,3)19-12-14-4-8-16(9-5-14)21-17-10-6-15(13-20)7-11-17/h4-11,19-20H,12-13H2,1-3H3. The maximum absolute atomic E-state index is 9.01. The van der Waals surface area contributed by atoms with Crippen LogP contribution in [0.4, 0.5) is 0 Å². The maximum Gasteiger partial charge on any atom is 0.127 e. The smallest absolute Gasteiger partial charge is 0.127 e. The van der Waals surface area contributed by atoms with Gasteiger partial charge in [0.25, 0.3) is 0 Å². The topological polar surface area (TPSA) is 41.5 Å². The molecule has 3 nitrogen and oxygen atoms in total. The van der Waals surface area contributed by atoms with Gasteiger partial charge in [-0.05, 0) is 56.2 Å². The van der Waals surface area contributed by atoms with E-state index in [1.54, 1.807) is 0 Å². The van der Waals surface area contributed by atoms with Gasteiger partial charge in [-0.3, -0.25) is 0 Å². The molecule has 2 aromatic rings. The summed E-state index contributed by atoms with van der Waals surface area (Å²) in [4.78, 5) is 0. The molecule has 0 bridgehead atoms. The fraction of sp³-hybridized carbons (Fsp3) is 0.333. The molecule has 0 amide bonds. The van der Waals surface area contributed by atoms with E-state index in [9.17, 15) is 0 Å². The third-order valence-corrected chi connectivity index (χ3v) is 3.09. The third-order valence-electron chi connectivity index (χ3n) is 3.09. The molecular formula is C18H23NO2. The monoisotopic (exact) mass is 285 g/mol. The largest absolute Gasteiger partial charge is 0.457 e. The second-order valence-corrected chi connectivity index (χ2v) is 6.15. The summed E-state index contributed by atoms with van der Waals surface area (Å²) in [7, 11) is 0. The van der Waals surface area contributed by atoms with Crippen molar-refractivity contribution in [2.45, 2.75) is 39.5 Å². The van der Waals surface area contributed by atoms with E-state index >= 15 is 0 Å². The van der Waals surface area contributed by atoms with Gasteiger partial charge in [0, 0.05) is 12.1 Å². The number of ether oxygens (including phenoxy) is 1. The molecular weight excluding hydrogens is 262 g/mol. The van der Waals surface area contributed by atoms with Crippen LogP contribution in [-0.2, 0) is 13.2 Å². The molecule has 112 valence electrons. The van der Waals surface area contributed by atoms with Crippen LogP contribution in [0.1, 0.15) is 31.9 Å². The lowest BCUT2D eigenvalue weighted by atomic mass is 10.1. The number of aliphatic hydroxyl groups excluding tert-OH is 1. The van der Waals surface area contributed by atoms with Crippen molar-refractivity contribution in [3.8, 4) is 11.5 Å². The number of benzene rings is 2. The van der Waals surface area contributed by atoms with Gasteiger partial charge in [-0.15, -0.1) is 0 Å². The van der Waals surface area contributed by atoms with Crippen LogP contribution in [0.5, 0.6) is 11.5 Å². The van der Waals surface area contributed by atoms with E-state index in [1.807, 2.05) is 36.4 Å². The van der Waals surface area contributed by atoms with Gasteiger partial charge < -0.3 is 15.2 Å². The van der Waals surface area contributed by atoms with Crippen LogP contribution in [0, 0.1) is 0 Å². The summed E-state index contributed by atoms with van der Waals surface area (Å²) in [6.07, 6.45) is 0. The summed E-state index contributed by atoms with van der Waals surface area (Å²) in [5.74, 6) is 1.58. The number of hydrogen-bond acceptors (Lipinski definition) is 3. The second-order valence-electron chi connectivity index (χ2n) is 6.15. The predicted molar refractivity (Wildman–Crippen MR) is 85.5 cm³/mol. The molecule has 0 saturated heterocycles. The Kier molecular flexibility index (Phi) is 4.99. The molecule has 2 aromatic carbocycles. The van der Waals surface area contributed by atoms with Crippen LogP contribution < -0.4 is 10.1 Å². The predicted octanol–water partition coefficient (Wildman–Crippen LogP) is 3.86. The van der Waals surface area contributed by atoms with E-state index in [-0.39, 0.29) is 12.1 Å². The summed E-state index contributed by atoms with van der Waals surface area (Å²) >= 11 is 0. The molecule has 3 heteroatoms. The average molecular weight is 285 g/mol. The van der Waals surface area contributed by atoms with Gasteiger partial charge in [-0.2, -0.15) is 0 Å². The minimum absolute atomic E-state index is 0.0513. The Morgan fingerprint density at radius 3 is 1.76 bits per heavy atom. The lowest BCUT2D eigenvalue weighted by molar-refractivity contribution is 0.281. The van der Waals surface area contributed by atoms with Gasteiger partial charge in [-0.1, -0.05) is 24.3 Å². The first-order valence-corrected chi connectivity index (χ1v) is 7.18. The van der Waals surface area contributed by atoms with Crippen LogP contribution in [0.15, 0.2) is 48.5 Å². The molecule has 0 aliphatic heterocycles. The Hall–Kier alpha value is -1.84. The van der Waals surface area contributed by atoms with E-state index < -0.39 is 0 Å². The summed E-state index contributed by atoms with van der Waals surface area (Å²) in [6.45, 7) is 7.35. The molecule has 0 unspecified atom stereocenters. The molecule has 21 heavy (non-hydrogen) atoms. The second kappa shape index (κ2) is 6.74. The van der Waals surface area contributed by atoms with Crippen molar-refractivity contribution >= 4 is 0 Å². The first-order chi connectivity index (χ1) is 9.96. The van der Waals surface area contributed by atoms with Gasteiger partial charge >= 0.3 is 0 Å². The van der Waals surface area contributed by atoms with Crippen LogP contribution in [-0.4, -0.2) is 10.6 Å². The molecule has 0 fully saturated rings. The molecule has 2 N–H and O–H groups in total. The minimum atomic E-state index is 0.0513. The maximum atomic E-state index is 9.01. The molecule has 0 saturated carbocycles. The lowest BCUT2D eigenvalue weighted by Gasteiger charge is -2.20. The zero-order chi connectivity index (χ0) is 15.3. The molecule has 0 aliphatic carbocycles. The zero-order valence-corrected chi connectivity index (χ0v) is 12.9. The molecule has 0 spiro atoms. The van der Waals surface area contributed by atoms with E-state index in [4.69, 9.17) is 9.84 Å². The van der Waals surface area contributed by atoms with Gasteiger partial charge in [0.05, 0.1) is 6.61 Å². The highest BCUT2D eigenvalue weighted by Crippen LogP contribution is 2.22. The fourth-order valence-electron chi connectivity index (χ4n) is 1.84. The van der Waals surface area contributed by atoms with Crippen LogP contribution in [0.3, 0.4) is 0 Å². The van der Waals surface area contributed by atoms with Crippen molar-refractivity contribution in [3.63, 3.8) is 0 Å². The van der Waals surface area contributed by atoms with Crippen LogP contribution in [0.2, 0.25) is 0 Å². The third kappa shape index (κ3) is 5.21. The highest BCUT2D eigenvalue weighted by molar-refractivity contribution is 5.34. The van der Waals surface area contributed by atoms with Crippen LogP contribution in [0.25, 0.3) is 0 Å². The Labute approximate surface area is 126 Å². The normalized spacial score (nSPS) is 11.4. The van der Waals surface area contributed by atoms with Gasteiger partial charge in [0.1, 0.15) is 11.5 Å². The number of aliphatic hydroxyl groups is 1. The molecule has 0 atom stereocenters. The molecule has 0 heterocycles. The first kappa shape index (κ1) is 15.5. The summed E-state index contributed by atoms with van der Waals surface area (Å²) in [5.41, 5.74) is 2.22. The Morgan fingerprint density at radius 2 is 1.33 bits per heavy atom. The Balaban J connectivity index is 1.95. The number of nitrogens with one attached hydrogen (secondary N) is 1. The SMILES string of the molecule is CC(C)(C)NCc1ccc(Oc2ccc(CO)cc2)cc1. The first-order valence-electron chi connectivity index (χ1n) is 7.18. The minimum Gasteiger partial charge on any atom is -0.457 e. The summed E-state index contributed by atoms with van der Waals surface area (Å²) < 4.78 is 5.78. The average Bonchev–Trinajstić information content (AvgIpc) is 2.46. The van der Waals surface area contributed by atoms with Gasteiger partial charge in [0.15, 0.2) is 0 Å². The van der Waals surface area contributed by atoms with E-state index in [2.05, 4.69) is 38.2 Å². The lowest BCUT2D eigenvalue weighted by Crippen LogP contribution is -2.34. The van der Waals surface area contributed by atoms with Crippen LogP contribution >= 0.6 is 0 Å². The Morgan fingerprint density at radius 1 is 0.857 bits per heavy atom. The number of hydrogen-bond donors (Lipinski definition) is 2. The fourth-order valence-corrected chi connectivity index (χ4v) is 1.84. The zero-order valence-electron chi connectivity index (χ0n) is 12.9. The van der Waals surface area contributed by atoms with E-state index in [0.29, 0.717) is 0 Å². The summed E-state index contributed by atoms with van der Waals surface area (Å²) in [6, 6.07) is 15.5. The van der Waals surface area contributed by atoms with Crippen molar-refractivity contribution in [3.05, 3.63) is 59.7 Å². The Bertz CT molecular complexity index is 553. The number of rotatable bonds is 5. The highest BCUT2D eigenvalue weighted by atomic mass is 16.5. The van der Waals surface area contributed by atoms with Crippen molar-refractivity contribution in [1.82, 2.24) is 5.32 Å². The molecule has 2 rings (SSSR count). The van der Waals surface area contributed by atoms with E-state index in [1.165, 1.54) is 5.56 Å². The van der Waals surface area contributed by atoms with Crippen molar-refractivity contribution in [2.75, 3.05) is 0 Å².